The number of hydrogen-bond donors (Lipinski definition) is 0. The molecule has 0 saturated carbocycles. The molecule has 1 aliphatic carbocycles. The molecule has 9 heteroatoms. The summed E-state index contributed by atoms with van der Waals surface area (Å²) >= 11 is 0. The molecule has 1 saturated heterocycles. The minimum atomic E-state index is -3.86. The molecule has 1 aromatic carbocycles. The standard InChI is InChI=1S/C25H33N3O5S/c1-6-25-13-11-18(25)17-27(23(29)33-24(2,3)4)15-8-16-28(25)34(30,31)21-10-7-9-20-19(21)12-14-26-22(20)32-5/h7,9-14,18H,6,8,15-17H2,1-5H3/t18?,25-/m1/s1. The quantitative estimate of drug-likeness (QED) is 0.600. The lowest BCUT2D eigenvalue weighted by Gasteiger charge is -2.52. The van der Waals surface area contributed by atoms with Crippen LogP contribution in [0.3, 0.4) is 0 Å². The summed E-state index contributed by atoms with van der Waals surface area (Å²) in [6.07, 6.45) is 6.30. The second-order valence-electron chi connectivity index (χ2n) is 9.84. The van der Waals surface area contributed by atoms with Gasteiger partial charge in [-0.05, 0) is 51.8 Å². The van der Waals surface area contributed by atoms with Crippen LogP contribution in [0.2, 0.25) is 0 Å². The van der Waals surface area contributed by atoms with Crippen LogP contribution in [0.1, 0.15) is 40.5 Å². The summed E-state index contributed by atoms with van der Waals surface area (Å²) < 4.78 is 40.9. The number of carbonyl (C=O) groups excluding carboxylic acids is 1. The first kappa shape index (κ1) is 24.5. The molecule has 0 spiro atoms. The first-order chi connectivity index (χ1) is 16.0. The van der Waals surface area contributed by atoms with Crippen molar-refractivity contribution in [1.82, 2.24) is 14.2 Å². The van der Waals surface area contributed by atoms with Crippen LogP contribution in [0.5, 0.6) is 5.88 Å². The molecule has 0 radical (unpaired) electrons. The van der Waals surface area contributed by atoms with Crippen molar-refractivity contribution in [2.45, 2.75) is 56.6 Å². The number of nitrogens with zero attached hydrogens (tertiary/aromatic N) is 3. The third-order valence-corrected chi connectivity index (χ3v) is 8.65. The van der Waals surface area contributed by atoms with Crippen LogP contribution in [-0.4, -0.2) is 66.6 Å². The van der Waals surface area contributed by atoms with Crippen LogP contribution in [0.15, 0.2) is 47.5 Å². The van der Waals surface area contributed by atoms with Gasteiger partial charge >= 0.3 is 6.09 Å². The van der Waals surface area contributed by atoms with Gasteiger partial charge in [0, 0.05) is 42.5 Å². The molecule has 2 heterocycles. The molecule has 0 N–H and O–H groups in total. The maximum absolute atomic E-state index is 14.1. The highest BCUT2D eigenvalue weighted by Crippen LogP contribution is 2.44. The Bertz CT molecular complexity index is 1220. The lowest BCUT2D eigenvalue weighted by atomic mass is 9.71. The summed E-state index contributed by atoms with van der Waals surface area (Å²) in [7, 11) is -2.34. The summed E-state index contributed by atoms with van der Waals surface area (Å²) in [6, 6.07) is 6.89. The number of rotatable bonds is 4. The highest BCUT2D eigenvalue weighted by Gasteiger charge is 2.52. The zero-order valence-corrected chi connectivity index (χ0v) is 21.3. The molecule has 1 fully saturated rings. The smallest absolute Gasteiger partial charge is 0.410 e. The van der Waals surface area contributed by atoms with Gasteiger partial charge < -0.3 is 14.4 Å². The largest absolute Gasteiger partial charge is 0.481 e. The number of fused-ring (bicyclic) bond motifs is 2. The van der Waals surface area contributed by atoms with Gasteiger partial charge in [-0.25, -0.2) is 18.2 Å². The summed E-state index contributed by atoms with van der Waals surface area (Å²) in [4.78, 5) is 18.9. The Kier molecular flexibility index (Phi) is 6.37. The number of sulfonamides is 1. The zero-order valence-electron chi connectivity index (χ0n) is 20.4. The lowest BCUT2D eigenvalue weighted by molar-refractivity contribution is 0.0115. The first-order valence-electron chi connectivity index (χ1n) is 11.7. The summed E-state index contributed by atoms with van der Waals surface area (Å²) in [5.74, 6) is 0.271. The molecular formula is C25H33N3O5S. The van der Waals surface area contributed by atoms with Crippen LogP contribution in [0.25, 0.3) is 10.8 Å². The normalized spacial score (nSPS) is 23.6. The third kappa shape index (κ3) is 4.15. The van der Waals surface area contributed by atoms with Gasteiger partial charge in [-0.2, -0.15) is 4.31 Å². The van der Waals surface area contributed by atoms with Crippen LogP contribution >= 0.6 is 0 Å². The molecule has 1 amide bonds. The minimum Gasteiger partial charge on any atom is -0.481 e. The van der Waals surface area contributed by atoms with Crippen LogP contribution in [0, 0.1) is 5.92 Å². The van der Waals surface area contributed by atoms with Gasteiger partial charge in [0.25, 0.3) is 0 Å². The van der Waals surface area contributed by atoms with Crippen molar-refractivity contribution < 1.29 is 22.7 Å². The van der Waals surface area contributed by atoms with Crippen LogP contribution < -0.4 is 4.74 Å². The maximum atomic E-state index is 14.1. The summed E-state index contributed by atoms with van der Waals surface area (Å²) in [5.41, 5.74) is -1.28. The molecule has 184 valence electrons. The van der Waals surface area contributed by atoms with E-state index in [1.54, 1.807) is 33.6 Å². The molecule has 2 aromatic rings. The average Bonchev–Trinajstić information content (AvgIpc) is 2.76. The van der Waals surface area contributed by atoms with E-state index in [2.05, 4.69) is 4.98 Å². The molecule has 2 aliphatic rings. The van der Waals surface area contributed by atoms with Crippen molar-refractivity contribution in [2.24, 2.45) is 5.92 Å². The molecular weight excluding hydrogens is 454 g/mol. The van der Waals surface area contributed by atoms with E-state index in [1.807, 2.05) is 45.9 Å². The lowest BCUT2D eigenvalue weighted by Crippen LogP contribution is -2.62. The van der Waals surface area contributed by atoms with Crippen molar-refractivity contribution in [3.63, 3.8) is 0 Å². The highest BCUT2D eigenvalue weighted by atomic mass is 32.2. The van der Waals surface area contributed by atoms with E-state index in [0.29, 0.717) is 49.1 Å². The van der Waals surface area contributed by atoms with E-state index in [1.165, 1.54) is 7.11 Å². The number of carbonyl (C=O) groups is 1. The molecule has 8 nitrogen and oxygen atoms in total. The van der Waals surface area contributed by atoms with E-state index in [-0.39, 0.29) is 16.9 Å². The molecule has 0 bridgehead atoms. The van der Waals surface area contributed by atoms with Crippen molar-refractivity contribution in [3.8, 4) is 5.88 Å². The van der Waals surface area contributed by atoms with Crippen molar-refractivity contribution in [1.29, 1.82) is 0 Å². The maximum Gasteiger partial charge on any atom is 0.410 e. The number of ether oxygens (including phenoxy) is 2. The number of amides is 1. The summed E-state index contributed by atoms with van der Waals surface area (Å²) in [5, 5.41) is 1.23. The van der Waals surface area contributed by atoms with Gasteiger partial charge in [0.1, 0.15) is 5.60 Å². The third-order valence-electron chi connectivity index (χ3n) is 6.64. The molecule has 1 aliphatic heterocycles. The molecule has 4 rings (SSSR count). The SMILES string of the molecule is CC[C@@]12C=CC1CN(C(=O)OC(C)(C)C)CCCN2S(=O)(=O)c1cccc2c(OC)nccc12. The average molecular weight is 488 g/mol. The Morgan fingerprint density at radius 2 is 1.97 bits per heavy atom. The van der Waals surface area contributed by atoms with Gasteiger partial charge in [0.2, 0.25) is 15.9 Å². The fourth-order valence-corrected chi connectivity index (χ4v) is 7.02. The first-order valence-corrected chi connectivity index (χ1v) is 13.1. The van der Waals surface area contributed by atoms with Gasteiger partial charge in [-0.1, -0.05) is 25.1 Å². The molecule has 1 aromatic heterocycles. The van der Waals surface area contributed by atoms with Gasteiger partial charge in [0.15, 0.2) is 0 Å². The minimum absolute atomic E-state index is 0.119. The van der Waals surface area contributed by atoms with Crippen LogP contribution in [0.4, 0.5) is 4.79 Å². The predicted octanol–water partition coefficient (Wildman–Crippen LogP) is 4.21. The van der Waals surface area contributed by atoms with Crippen LogP contribution in [-0.2, 0) is 14.8 Å². The Morgan fingerprint density at radius 1 is 1.21 bits per heavy atom. The number of pyridine rings is 1. The van der Waals surface area contributed by atoms with Crippen molar-refractivity contribution >= 4 is 26.9 Å². The number of methoxy groups -OCH3 is 1. The van der Waals surface area contributed by atoms with E-state index < -0.39 is 21.2 Å². The monoisotopic (exact) mass is 487 g/mol. The Labute approximate surface area is 201 Å². The second-order valence-corrected chi connectivity index (χ2v) is 11.7. The van der Waals surface area contributed by atoms with Crippen molar-refractivity contribution in [2.75, 3.05) is 26.7 Å². The topological polar surface area (TPSA) is 89.0 Å². The number of hydrogen-bond acceptors (Lipinski definition) is 6. The Balaban J connectivity index is 1.72. The number of benzene rings is 1. The molecule has 2 atom stereocenters. The molecule has 1 unspecified atom stereocenters. The predicted molar refractivity (Wildman–Crippen MR) is 130 cm³/mol. The fraction of sp³-hybridized carbons (Fsp3) is 0.520. The van der Waals surface area contributed by atoms with E-state index >= 15 is 0 Å². The molecule has 34 heavy (non-hydrogen) atoms. The zero-order chi connectivity index (χ0) is 24.7. The highest BCUT2D eigenvalue weighted by molar-refractivity contribution is 7.89. The van der Waals surface area contributed by atoms with E-state index in [0.717, 1.165) is 0 Å². The fourth-order valence-electron chi connectivity index (χ4n) is 4.93. The van der Waals surface area contributed by atoms with Crippen molar-refractivity contribution in [3.05, 3.63) is 42.6 Å². The van der Waals surface area contributed by atoms with E-state index in [9.17, 15) is 13.2 Å². The van der Waals surface area contributed by atoms with Gasteiger partial charge in [-0.3, -0.25) is 0 Å². The Morgan fingerprint density at radius 3 is 2.59 bits per heavy atom. The number of aromatic nitrogens is 1. The van der Waals surface area contributed by atoms with E-state index in [4.69, 9.17) is 9.47 Å². The van der Waals surface area contributed by atoms with Gasteiger partial charge in [-0.15, -0.1) is 0 Å². The Hall–Kier alpha value is -2.65. The summed E-state index contributed by atoms with van der Waals surface area (Å²) in [6.45, 7) is 8.67. The van der Waals surface area contributed by atoms with Gasteiger partial charge in [0.05, 0.1) is 17.5 Å². The second kappa shape index (κ2) is 8.85.